The van der Waals surface area contributed by atoms with Gasteiger partial charge in [0, 0.05) is 24.0 Å². The fourth-order valence-corrected chi connectivity index (χ4v) is 6.10. The van der Waals surface area contributed by atoms with Gasteiger partial charge in [0.15, 0.2) is 11.0 Å². The van der Waals surface area contributed by atoms with E-state index in [1.807, 2.05) is 27.9 Å². The number of amides is 1. The van der Waals surface area contributed by atoms with Gasteiger partial charge in [-0.15, -0.1) is 21.5 Å². The Kier molecular flexibility index (Phi) is 6.86. The van der Waals surface area contributed by atoms with Gasteiger partial charge in [-0.2, -0.15) is 0 Å². The maximum Gasteiger partial charge on any atom is 0.233 e. The Hall–Kier alpha value is -1.34. The Bertz CT molecular complexity index is 816. The number of fused-ring (bicyclic) bond motifs is 1. The van der Waals surface area contributed by atoms with Crippen molar-refractivity contribution in [2.45, 2.75) is 77.5 Å². The van der Waals surface area contributed by atoms with Gasteiger partial charge in [0.1, 0.15) is 0 Å². The molecule has 0 aliphatic heterocycles. The molecule has 0 saturated heterocycles. The van der Waals surface area contributed by atoms with Gasteiger partial charge in [-0.25, -0.2) is 0 Å². The first-order chi connectivity index (χ1) is 13.3. The number of nitrogens with zero attached hydrogens (tertiary/aromatic N) is 4. The number of carbonyl (C=O) groups excluding carboxylic acids is 1. The smallest absolute Gasteiger partial charge is 0.233 e. The van der Waals surface area contributed by atoms with Crippen molar-refractivity contribution in [2.75, 3.05) is 5.75 Å². The number of thiophene rings is 1. The molecule has 0 radical (unpaired) electrons. The van der Waals surface area contributed by atoms with Crippen LogP contribution in [0.2, 0.25) is 0 Å². The largest absolute Gasteiger partial charge is 0.337 e. The first kappa shape index (κ1) is 21.4. The van der Waals surface area contributed by atoms with Gasteiger partial charge in [-0.1, -0.05) is 25.1 Å². The quantitative estimate of drug-likeness (QED) is 0.604. The molecular formula is C21H32N4OS2. The van der Waals surface area contributed by atoms with E-state index < -0.39 is 0 Å². The van der Waals surface area contributed by atoms with Gasteiger partial charge in [0.05, 0.1) is 10.6 Å². The Balaban J connectivity index is 1.71. The van der Waals surface area contributed by atoms with E-state index in [-0.39, 0.29) is 18.0 Å². The molecule has 2 aromatic heterocycles. The molecule has 0 N–H and O–H groups in total. The molecule has 1 amide bonds. The monoisotopic (exact) mass is 420 g/mol. The first-order valence-corrected chi connectivity index (χ1v) is 12.1. The number of thioether (sulfide) groups is 1. The number of aromatic nitrogens is 3. The second kappa shape index (κ2) is 8.99. The topological polar surface area (TPSA) is 51.0 Å². The molecule has 0 spiro atoms. The zero-order valence-electron chi connectivity index (χ0n) is 17.9. The highest BCUT2D eigenvalue weighted by Gasteiger charge is 2.24. The van der Waals surface area contributed by atoms with Gasteiger partial charge in [-0.3, -0.25) is 4.79 Å². The standard InChI is InChI=1S/C21H32N4OS2/c1-7-15-8-9-17-16(10-15)11-18(28-17)20-22-23-21(24(20)6)27-12-19(26)25(13(2)3)14(4)5/h11,13-15H,7-10,12H2,1-6H3. The number of hydrogen-bond donors (Lipinski definition) is 0. The van der Waals surface area contributed by atoms with Crippen LogP contribution in [0, 0.1) is 5.92 Å². The normalized spacial score (nSPS) is 16.6. The lowest BCUT2D eigenvalue weighted by Gasteiger charge is -2.30. The molecule has 154 valence electrons. The van der Waals surface area contributed by atoms with E-state index in [1.165, 1.54) is 52.8 Å². The van der Waals surface area contributed by atoms with Crippen molar-refractivity contribution in [1.82, 2.24) is 19.7 Å². The van der Waals surface area contributed by atoms with Crippen LogP contribution in [-0.4, -0.2) is 43.4 Å². The molecule has 0 bridgehead atoms. The van der Waals surface area contributed by atoms with E-state index in [2.05, 4.69) is 50.9 Å². The van der Waals surface area contributed by atoms with Crippen molar-refractivity contribution in [3.63, 3.8) is 0 Å². The average molecular weight is 421 g/mol. The van der Waals surface area contributed by atoms with Crippen LogP contribution in [0.4, 0.5) is 0 Å². The van der Waals surface area contributed by atoms with Crippen molar-refractivity contribution < 1.29 is 4.79 Å². The van der Waals surface area contributed by atoms with E-state index >= 15 is 0 Å². The minimum atomic E-state index is 0.150. The molecular weight excluding hydrogens is 388 g/mol. The molecule has 1 aliphatic rings. The fraction of sp³-hybridized carbons (Fsp3) is 0.667. The lowest BCUT2D eigenvalue weighted by Crippen LogP contribution is -2.43. The second-order valence-corrected chi connectivity index (χ2v) is 10.3. The molecule has 5 nitrogen and oxygen atoms in total. The van der Waals surface area contributed by atoms with Crippen LogP contribution in [0.3, 0.4) is 0 Å². The third-order valence-corrected chi connectivity index (χ3v) is 7.78. The van der Waals surface area contributed by atoms with Crippen molar-refractivity contribution in [2.24, 2.45) is 13.0 Å². The zero-order chi connectivity index (χ0) is 20.4. The molecule has 28 heavy (non-hydrogen) atoms. The highest BCUT2D eigenvalue weighted by atomic mass is 32.2. The maximum absolute atomic E-state index is 12.6. The molecule has 0 saturated carbocycles. The molecule has 0 fully saturated rings. The van der Waals surface area contributed by atoms with Crippen molar-refractivity contribution in [3.8, 4) is 10.7 Å². The van der Waals surface area contributed by atoms with E-state index in [0.717, 1.165) is 16.9 Å². The number of carbonyl (C=O) groups is 1. The average Bonchev–Trinajstić information content (AvgIpc) is 3.21. The highest BCUT2D eigenvalue weighted by Crippen LogP contribution is 2.38. The summed E-state index contributed by atoms with van der Waals surface area (Å²) in [5.74, 6) is 2.27. The summed E-state index contributed by atoms with van der Waals surface area (Å²) in [5.41, 5.74) is 1.50. The predicted molar refractivity (Wildman–Crippen MR) is 118 cm³/mol. The van der Waals surface area contributed by atoms with Crippen LogP contribution >= 0.6 is 23.1 Å². The lowest BCUT2D eigenvalue weighted by molar-refractivity contribution is -0.131. The number of aryl methyl sites for hydroxylation is 1. The SMILES string of the molecule is CCC1CCc2sc(-c3nnc(SCC(=O)N(C(C)C)C(C)C)n3C)cc2C1. The Morgan fingerprint density at radius 3 is 2.68 bits per heavy atom. The summed E-state index contributed by atoms with van der Waals surface area (Å²) in [7, 11) is 2.00. The van der Waals surface area contributed by atoms with E-state index in [1.54, 1.807) is 0 Å². The molecule has 1 atom stereocenters. The highest BCUT2D eigenvalue weighted by molar-refractivity contribution is 7.99. The fourth-order valence-electron chi connectivity index (χ4n) is 4.09. The van der Waals surface area contributed by atoms with Gasteiger partial charge in [0.2, 0.25) is 5.91 Å². The van der Waals surface area contributed by atoms with Crippen molar-refractivity contribution >= 4 is 29.0 Å². The van der Waals surface area contributed by atoms with Crippen LogP contribution in [-0.2, 0) is 24.7 Å². The summed E-state index contributed by atoms with van der Waals surface area (Å²) < 4.78 is 2.03. The van der Waals surface area contributed by atoms with Crippen LogP contribution in [0.5, 0.6) is 0 Å². The zero-order valence-corrected chi connectivity index (χ0v) is 19.5. The number of rotatable bonds is 7. The predicted octanol–water partition coefficient (Wildman–Crippen LogP) is 4.80. The van der Waals surface area contributed by atoms with Gasteiger partial charge in [-0.05, 0) is 64.5 Å². The summed E-state index contributed by atoms with van der Waals surface area (Å²) in [4.78, 5) is 17.3. The van der Waals surface area contributed by atoms with E-state index in [4.69, 9.17) is 0 Å². The first-order valence-electron chi connectivity index (χ1n) is 10.3. The van der Waals surface area contributed by atoms with Gasteiger partial charge in [0.25, 0.3) is 0 Å². The van der Waals surface area contributed by atoms with Crippen LogP contribution < -0.4 is 0 Å². The Labute approximate surface area is 176 Å². The van der Waals surface area contributed by atoms with Crippen LogP contribution in [0.25, 0.3) is 10.7 Å². The van der Waals surface area contributed by atoms with Crippen molar-refractivity contribution in [1.29, 1.82) is 0 Å². The molecule has 2 heterocycles. The molecule has 2 aromatic rings. The summed E-state index contributed by atoms with van der Waals surface area (Å²) in [6.07, 6.45) is 4.93. The summed E-state index contributed by atoms with van der Waals surface area (Å²) >= 11 is 3.33. The summed E-state index contributed by atoms with van der Waals surface area (Å²) in [6.45, 7) is 10.5. The van der Waals surface area contributed by atoms with Gasteiger partial charge >= 0.3 is 0 Å². The Morgan fingerprint density at radius 2 is 2.04 bits per heavy atom. The van der Waals surface area contributed by atoms with Gasteiger partial charge < -0.3 is 9.47 Å². The molecule has 1 aliphatic carbocycles. The summed E-state index contributed by atoms with van der Waals surface area (Å²) in [6, 6.07) is 2.71. The maximum atomic E-state index is 12.6. The molecule has 7 heteroatoms. The van der Waals surface area contributed by atoms with E-state index in [9.17, 15) is 4.79 Å². The Morgan fingerprint density at radius 1 is 1.32 bits per heavy atom. The number of hydrogen-bond acceptors (Lipinski definition) is 5. The van der Waals surface area contributed by atoms with Crippen molar-refractivity contribution in [3.05, 3.63) is 16.5 Å². The lowest BCUT2D eigenvalue weighted by atomic mass is 9.87. The third-order valence-electron chi connectivity index (χ3n) is 5.54. The van der Waals surface area contributed by atoms with Crippen LogP contribution in [0.15, 0.2) is 11.2 Å². The third kappa shape index (κ3) is 4.46. The molecule has 1 unspecified atom stereocenters. The summed E-state index contributed by atoms with van der Waals surface area (Å²) in [5, 5.41) is 9.60. The molecule has 0 aromatic carbocycles. The minimum absolute atomic E-state index is 0.150. The van der Waals surface area contributed by atoms with Crippen LogP contribution in [0.1, 0.15) is 57.9 Å². The molecule has 3 rings (SSSR count). The second-order valence-electron chi connectivity index (χ2n) is 8.22. The minimum Gasteiger partial charge on any atom is -0.337 e. The van der Waals surface area contributed by atoms with E-state index in [0.29, 0.717) is 5.75 Å².